The number of likely N-dealkylation sites (tertiary alicyclic amines) is 1. The molecule has 0 unspecified atom stereocenters. The minimum absolute atomic E-state index is 0.243. The van der Waals surface area contributed by atoms with Gasteiger partial charge >= 0.3 is 0 Å². The average molecular weight is 369 g/mol. The van der Waals surface area contributed by atoms with E-state index in [-0.39, 0.29) is 5.92 Å². The van der Waals surface area contributed by atoms with Crippen LogP contribution in [-0.2, 0) is 4.79 Å². The van der Waals surface area contributed by atoms with Gasteiger partial charge in [0.1, 0.15) is 5.75 Å². The number of hydrogen-bond acceptors (Lipinski definition) is 5. The van der Waals surface area contributed by atoms with Crippen LogP contribution in [0.5, 0.6) is 5.75 Å². The number of benzene rings is 1. The zero-order valence-corrected chi connectivity index (χ0v) is 15.9. The number of amides is 1. The van der Waals surface area contributed by atoms with E-state index in [4.69, 9.17) is 9.26 Å². The van der Waals surface area contributed by atoms with Crippen LogP contribution in [0, 0.1) is 5.92 Å². The monoisotopic (exact) mass is 369 g/mol. The quantitative estimate of drug-likeness (QED) is 0.737. The zero-order chi connectivity index (χ0) is 18.6. The van der Waals surface area contributed by atoms with Gasteiger partial charge in [-0.1, -0.05) is 30.1 Å². The van der Waals surface area contributed by atoms with Crippen molar-refractivity contribution in [3.05, 3.63) is 30.1 Å². The fraction of sp³-hybridized carbons (Fsp3) is 0.571. The summed E-state index contributed by atoms with van der Waals surface area (Å²) in [4.78, 5) is 19.0. The molecule has 0 radical (unpaired) electrons. The van der Waals surface area contributed by atoms with Crippen molar-refractivity contribution in [3.8, 4) is 17.2 Å². The lowest BCUT2D eigenvalue weighted by Crippen LogP contribution is -2.38. The van der Waals surface area contributed by atoms with Gasteiger partial charge in [0.2, 0.25) is 5.91 Å². The van der Waals surface area contributed by atoms with Crippen LogP contribution in [0.3, 0.4) is 0 Å². The Morgan fingerprint density at radius 1 is 1.22 bits per heavy atom. The molecule has 6 heteroatoms. The summed E-state index contributed by atoms with van der Waals surface area (Å²) in [5.74, 6) is 3.39. The minimum atomic E-state index is 0.243. The number of para-hydroxylation sites is 1. The average Bonchev–Trinajstić information content (AvgIpc) is 3.41. The molecule has 0 atom stereocenters. The molecule has 1 aliphatic heterocycles. The van der Waals surface area contributed by atoms with Gasteiger partial charge in [-0.05, 0) is 43.7 Å². The molecule has 1 aromatic heterocycles. The highest BCUT2D eigenvalue weighted by atomic mass is 16.5. The van der Waals surface area contributed by atoms with Crippen LogP contribution < -0.4 is 4.74 Å². The van der Waals surface area contributed by atoms with Gasteiger partial charge in [-0.25, -0.2) is 0 Å². The Balaban J connectivity index is 1.32. The van der Waals surface area contributed by atoms with E-state index >= 15 is 0 Å². The highest BCUT2D eigenvalue weighted by molar-refractivity contribution is 5.76. The normalized spacial score (nSPS) is 17.9. The van der Waals surface area contributed by atoms with E-state index in [1.165, 1.54) is 19.3 Å². The molecule has 0 N–H and O–H groups in total. The summed E-state index contributed by atoms with van der Waals surface area (Å²) in [5, 5.41) is 4.19. The van der Waals surface area contributed by atoms with Gasteiger partial charge in [-0.3, -0.25) is 4.79 Å². The number of carbonyl (C=O) groups is 1. The Kier molecular flexibility index (Phi) is 5.41. The van der Waals surface area contributed by atoms with E-state index < -0.39 is 0 Å². The topological polar surface area (TPSA) is 68.5 Å². The van der Waals surface area contributed by atoms with Crippen molar-refractivity contribution < 1.29 is 14.1 Å². The summed E-state index contributed by atoms with van der Waals surface area (Å²) in [6.07, 6.45) is 7.45. The molecule has 0 bridgehead atoms. The summed E-state index contributed by atoms with van der Waals surface area (Å²) in [7, 11) is 1.63. The second-order valence-electron chi connectivity index (χ2n) is 7.65. The molecule has 1 amide bonds. The van der Waals surface area contributed by atoms with Crippen LogP contribution in [0.2, 0.25) is 0 Å². The van der Waals surface area contributed by atoms with Crippen LogP contribution in [-0.4, -0.2) is 41.1 Å². The van der Waals surface area contributed by atoms with Crippen LogP contribution in [0.25, 0.3) is 11.5 Å². The molecule has 0 spiro atoms. The maximum absolute atomic E-state index is 12.4. The van der Waals surface area contributed by atoms with Crippen molar-refractivity contribution in [2.45, 2.75) is 50.9 Å². The molecule has 6 nitrogen and oxygen atoms in total. The first-order valence-corrected chi connectivity index (χ1v) is 9.99. The molecule has 27 heavy (non-hydrogen) atoms. The van der Waals surface area contributed by atoms with Crippen LogP contribution >= 0.6 is 0 Å². The first-order chi connectivity index (χ1) is 13.2. The predicted octanol–water partition coefficient (Wildman–Crippen LogP) is 4.03. The molecule has 4 rings (SSSR count). The van der Waals surface area contributed by atoms with Gasteiger partial charge in [0, 0.05) is 25.4 Å². The second-order valence-corrected chi connectivity index (χ2v) is 7.65. The van der Waals surface area contributed by atoms with E-state index in [1.807, 2.05) is 29.2 Å². The van der Waals surface area contributed by atoms with Crippen molar-refractivity contribution in [3.63, 3.8) is 0 Å². The van der Waals surface area contributed by atoms with Crippen molar-refractivity contribution in [2.24, 2.45) is 5.92 Å². The van der Waals surface area contributed by atoms with E-state index in [2.05, 4.69) is 10.1 Å². The van der Waals surface area contributed by atoms with Crippen LogP contribution in [0.15, 0.2) is 28.8 Å². The third-order valence-corrected chi connectivity index (χ3v) is 5.69. The van der Waals surface area contributed by atoms with Gasteiger partial charge in [-0.15, -0.1) is 0 Å². The Morgan fingerprint density at radius 3 is 2.74 bits per heavy atom. The van der Waals surface area contributed by atoms with Gasteiger partial charge < -0.3 is 14.2 Å². The zero-order valence-electron chi connectivity index (χ0n) is 15.9. The second kappa shape index (κ2) is 8.11. The Morgan fingerprint density at radius 2 is 2.00 bits per heavy atom. The lowest BCUT2D eigenvalue weighted by Gasteiger charge is -2.30. The third kappa shape index (κ3) is 4.31. The molecule has 1 aliphatic carbocycles. The number of hydrogen-bond donors (Lipinski definition) is 0. The molecule has 1 saturated carbocycles. The number of piperidine rings is 1. The molecule has 2 fully saturated rings. The van der Waals surface area contributed by atoms with Gasteiger partial charge in [0.05, 0.1) is 12.7 Å². The fourth-order valence-electron chi connectivity index (χ4n) is 3.83. The largest absolute Gasteiger partial charge is 0.496 e. The minimum Gasteiger partial charge on any atom is -0.496 e. The van der Waals surface area contributed by atoms with Gasteiger partial charge in [0.25, 0.3) is 5.89 Å². The van der Waals surface area contributed by atoms with E-state index in [9.17, 15) is 4.79 Å². The van der Waals surface area contributed by atoms with Gasteiger partial charge in [0.15, 0.2) is 5.82 Å². The Labute approximate surface area is 159 Å². The molecule has 1 saturated heterocycles. The van der Waals surface area contributed by atoms with Crippen molar-refractivity contribution in [1.29, 1.82) is 0 Å². The number of aromatic nitrogens is 2. The first-order valence-electron chi connectivity index (χ1n) is 9.99. The highest BCUT2D eigenvalue weighted by Crippen LogP contribution is 2.34. The summed E-state index contributed by atoms with van der Waals surface area (Å²) >= 11 is 0. The lowest BCUT2D eigenvalue weighted by molar-refractivity contribution is -0.132. The molecular weight excluding hydrogens is 342 g/mol. The van der Waals surface area contributed by atoms with Crippen molar-refractivity contribution in [2.75, 3.05) is 20.2 Å². The number of ether oxygens (including phenoxy) is 1. The number of carbonyl (C=O) groups excluding carboxylic acids is 1. The third-order valence-electron chi connectivity index (χ3n) is 5.69. The van der Waals surface area contributed by atoms with Crippen molar-refractivity contribution in [1.82, 2.24) is 15.0 Å². The molecular formula is C21H27N3O3. The highest BCUT2D eigenvalue weighted by Gasteiger charge is 2.28. The number of nitrogens with zero attached hydrogens (tertiary/aromatic N) is 3. The molecule has 2 aromatic rings. The van der Waals surface area contributed by atoms with E-state index in [0.717, 1.165) is 55.4 Å². The van der Waals surface area contributed by atoms with Gasteiger partial charge in [-0.2, -0.15) is 4.98 Å². The predicted molar refractivity (Wildman–Crippen MR) is 101 cm³/mol. The smallest absolute Gasteiger partial charge is 0.261 e. The van der Waals surface area contributed by atoms with E-state index in [0.29, 0.717) is 18.2 Å². The first kappa shape index (κ1) is 18.0. The van der Waals surface area contributed by atoms with E-state index in [1.54, 1.807) is 7.11 Å². The van der Waals surface area contributed by atoms with Crippen LogP contribution in [0.4, 0.5) is 0 Å². The standard InChI is InChI=1S/C21H27N3O3/c1-26-18-7-3-2-6-17(18)21-22-20(23-27-21)16-11-13-24(14-12-16)19(25)8-4-5-15-9-10-15/h2-3,6-7,15-16H,4-5,8-14H2,1H3. The summed E-state index contributed by atoms with van der Waals surface area (Å²) in [6.45, 7) is 1.57. The molecule has 1 aromatic carbocycles. The Hall–Kier alpha value is -2.37. The SMILES string of the molecule is COc1ccccc1-c1nc(C2CCN(C(=O)CCCC3CC3)CC2)no1. The van der Waals surface area contributed by atoms with Crippen LogP contribution in [0.1, 0.15) is 56.7 Å². The number of rotatable bonds is 7. The molecule has 2 heterocycles. The number of methoxy groups -OCH3 is 1. The maximum atomic E-state index is 12.4. The summed E-state index contributed by atoms with van der Waals surface area (Å²) in [6, 6.07) is 7.64. The summed E-state index contributed by atoms with van der Waals surface area (Å²) < 4.78 is 10.9. The Bertz CT molecular complexity index is 776. The lowest BCUT2D eigenvalue weighted by atomic mass is 9.95. The van der Waals surface area contributed by atoms with Crippen molar-refractivity contribution >= 4 is 5.91 Å². The maximum Gasteiger partial charge on any atom is 0.261 e. The molecule has 2 aliphatic rings. The molecule has 144 valence electrons. The fourth-order valence-corrected chi connectivity index (χ4v) is 3.83. The summed E-state index contributed by atoms with van der Waals surface area (Å²) in [5.41, 5.74) is 0.807.